The number of rotatable bonds is 7. The van der Waals surface area contributed by atoms with Gasteiger partial charge in [-0.25, -0.2) is 9.18 Å². The van der Waals surface area contributed by atoms with E-state index in [1.807, 2.05) is 37.3 Å². The molecular formula is C30H29FN2O4. The van der Waals surface area contributed by atoms with Crippen LogP contribution >= 0.6 is 0 Å². The number of aryl methyl sites for hydroxylation is 1. The Kier molecular flexibility index (Phi) is 7.82. The highest BCUT2D eigenvalue weighted by Crippen LogP contribution is 2.37. The zero-order valence-electron chi connectivity index (χ0n) is 21.1. The Bertz CT molecular complexity index is 1350. The van der Waals surface area contributed by atoms with Gasteiger partial charge in [-0.1, -0.05) is 42.0 Å². The normalized spacial score (nSPS) is 15.5. The molecule has 7 heteroatoms. The number of halogens is 1. The fraction of sp³-hybridized carbons (Fsp3) is 0.233. The Morgan fingerprint density at radius 3 is 2.41 bits per heavy atom. The van der Waals surface area contributed by atoms with E-state index >= 15 is 0 Å². The molecule has 0 aliphatic carbocycles. The zero-order chi connectivity index (χ0) is 26.5. The van der Waals surface area contributed by atoms with Gasteiger partial charge in [0.25, 0.3) is 5.91 Å². The van der Waals surface area contributed by atoms with E-state index in [0.29, 0.717) is 28.1 Å². The van der Waals surface area contributed by atoms with Crippen molar-refractivity contribution in [2.75, 3.05) is 11.9 Å². The van der Waals surface area contributed by atoms with Gasteiger partial charge in [-0.2, -0.15) is 0 Å². The summed E-state index contributed by atoms with van der Waals surface area (Å²) in [5.41, 5.74) is 4.52. The molecular weight excluding hydrogens is 471 g/mol. The van der Waals surface area contributed by atoms with Gasteiger partial charge in [0.2, 0.25) is 5.91 Å². The summed E-state index contributed by atoms with van der Waals surface area (Å²) in [7, 11) is 0. The summed E-state index contributed by atoms with van der Waals surface area (Å²) in [5.74, 6) is -1.86. The Balaban J connectivity index is 1.61. The molecule has 6 nitrogen and oxygen atoms in total. The molecule has 1 heterocycles. The number of anilines is 1. The molecule has 0 spiro atoms. The highest BCUT2D eigenvalue weighted by Gasteiger charge is 2.37. The molecule has 4 rings (SSSR count). The Labute approximate surface area is 215 Å². The van der Waals surface area contributed by atoms with Crippen LogP contribution in [0.5, 0.6) is 0 Å². The van der Waals surface area contributed by atoms with Crippen molar-refractivity contribution in [3.8, 4) is 0 Å². The smallest absolute Gasteiger partial charge is 0.336 e. The van der Waals surface area contributed by atoms with Crippen molar-refractivity contribution in [1.82, 2.24) is 4.90 Å². The van der Waals surface area contributed by atoms with E-state index in [9.17, 15) is 18.8 Å². The van der Waals surface area contributed by atoms with Gasteiger partial charge in [0, 0.05) is 29.3 Å². The summed E-state index contributed by atoms with van der Waals surface area (Å²) in [6.07, 6.45) is 0.0463. The third-order valence-corrected chi connectivity index (χ3v) is 6.43. The first kappa shape index (κ1) is 25.8. The summed E-state index contributed by atoms with van der Waals surface area (Å²) < 4.78 is 18.8. The molecule has 3 aromatic rings. The fourth-order valence-corrected chi connectivity index (χ4v) is 4.49. The van der Waals surface area contributed by atoms with Crippen molar-refractivity contribution in [3.63, 3.8) is 0 Å². The predicted molar refractivity (Wildman–Crippen MR) is 139 cm³/mol. The summed E-state index contributed by atoms with van der Waals surface area (Å²) in [6.45, 7) is 5.79. The van der Waals surface area contributed by atoms with Crippen molar-refractivity contribution in [2.45, 2.75) is 39.7 Å². The van der Waals surface area contributed by atoms with Crippen LogP contribution in [0.25, 0.3) is 0 Å². The summed E-state index contributed by atoms with van der Waals surface area (Å²) in [6, 6.07) is 20.4. The number of allylic oxidation sites excluding steroid dienone is 1. The molecule has 0 unspecified atom stereocenters. The van der Waals surface area contributed by atoms with Crippen LogP contribution in [0.15, 0.2) is 84.1 Å². The molecule has 37 heavy (non-hydrogen) atoms. The van der Waals surface area contributed by atoms with Crippen LogP contribution in [0.2, 0.25) is 0 Å². The molecule has 0 saturated heterocycles. The van der Waals surface area contributed by atoms with Crippen LogP contribution in [0.4, 0.5) is 10.1 Å². The minimum absolute atomic E-state index is 0.0463. The number of hydrogen-bond acceptors (Lipinski definition) is 4. The molecule has 0 bridgehead atoms. The molecule has 1 N–H and O–H groups in total. The van der Waals surface area contributed by atoms with Crippen molar-refractivity contribution < 1.29 is 23.5 Å². The minimum atomic E-state index is -0.532. The van der Waals surface area contributed by atoms with E-state index in [2.05, 4.69) is 5.32 Å². The topological polar surface area (TPSA) is 75.7 Å². The molecule has 0 fully saturated rings. The highest BCUT2D eigenvalue weighted by molar-refractivity contribution is 6.04. The molecule has 0 aromatic heterocycles. The van der Waals surface area contributed by atoms with Crippen molar-refractivity contribution in [2.24, 2.45) is 0 Å². The standard InChI is InChI=1S/C30H29FN2O4/c1-4-37-30(36)28-20(3)33(27(34)17-26(28)22-10-12-24(31)13-11-22)18-21-6-5-7-23(16-21)29(35)32-25-14-8-19(2)9-15-25/h5-16,26H,4,17-18H2,1-3H3,(H,32,35)/t26-/m0/s1. The predicted octanol–water partition coefficient (Wildman–Crippen LogP) is 5.74. The largest absolute Gasteiger partial charge is 0.463 e. The summed E-state index contributed by atoms with van der Waals surface area (Å²) >= 11 is 0. The number of ether oxygens (including phenoxy) is 1. The number of carbonyl (C=O) groups excluding carboxylic acids is 3. The first-order valence-electron chi connectivity index (χ1n) is 12.2. The second kappa shape index (κ2) is 11.2. The van der Waals surface area contributed by atoms with Crippen LogP contribution in [0.3, 0.4) is 0 Å². The van der Waals surface area contributed by atoms with Crippen LogP contribution in [-0.4, -0.2) is 29.3 Å². The van der Waals surface area contributed by atoms with Crippen molar-refractivity contribution in [1.29, 1.82) is 0 Å². The fourth-order valence-electron chi connectivity index (χ4n) is 4.49. The van der Waals surface area contributed by atoms with Crippen LogP contribution in [-0.2, 0) is 20.9 Å². The third kappa shape index (κ3) is 5.94. The lowest BCUT2D eigenvalue weighted by Gasteiger charge is -2.34. The molecule has 1 aliphatic heterocycles. The first-order valence-corrected chi connectivity index (χ1v) is 12.2. The van der Waals surface area contributed by atoms with Crippen LogP contribution in [0, 0.1) is 12.7 Å². The van der Waals surface area contributed by atoms with Gasteiger partial charge in [0.1, 0.15) is 5.82 Å². The van der Waals surface area contributed by atoms with E-state index in [-0.39, 0.29) is 31.4 Å². The van der Waals surface area contributed by atoms with Crippen molar-refractivity contribution in [3.05, 3.63) is 112 Å². The molecule has 190 valence electrons. The number of benzene rings is 3. The Morgan fingerprint density at radius 1 is 1.03 bits per heavy atom. The highest BCUT2D eigenvalue weighted by atomic mass is 19.1. The maximum atomic E-state index is 13.5. The molecule has 0 saturated carbocycles. The van der Waals surface area contributed by atoms with E-state index in [1.165, 1.54) is 12.1 Å². The second-order valence-corrected chi connectivity index (χ2v) is 9.03. The number of nitrogens with zero attached hydrogens (tertiary/aromatic N) is 1. The van der Waals surface area contributed by atoms with E-state index < -0.39 is 17.7 Å². The summed E-state index contributed by atoms with van der Waals surface area (Å²) in [4.78, 5) is 40.6. The molecule has 0 radical (unpaired) electrons. The van der Waals surface area contributed by atoms with E-state index in [4.69, 9.17) is 4.74 Å². The van der Waals surface area contributed by atoms with Gasteiger partial charge in [-0.3, -0.25) is 9.59 Å². The maximum absolute atomic E-state index is 13.5. The van der Waals surface area contributed by atoms with Gasteiger partial charge < -0.3 is 15.0 Å². The minimum Gasteiger partial charge on any atom is -0.463 e. The zero-order valence-corrected chi connectivity index (χ0v) is 21.1. The SMILES string of the molecule is CCOC(=O)C1=C(C)N(Cc2cccc(C(=O)Nc3ccc(C)cc3)c2)C(=O)C[C@H]1c1ccc(F)cc1. The third-order valence-electron chi connectivity index (χ3n) is 6.43. The van der Waals surface area contributed by atoms with Gasteiger partial charge in [0.15, 0.2) is 0 Å². The monoisotopic (exact) mass is 500 g/mol. The molecule has 2 amide bonds. The number of carbonyl (C=O) groups is 3. The molecule has 1 atom stereocenters. The van der Waals surface area contributed by atoms with Gasteiger partial charge in [-0.15, -0.1) is 0 Å². The molecule has 1 aliphatic rings. The number of hydrogen-bond donors (Lipinski definition) is 1. The second-order valence-electron chi connectivity index (χ2n) is 9.03. The molecule has 3 aromatic carbocycles. The van der Waals surface area contributed by atoms with Crippen LogP contribution in [0.1, 0.15) is 53.2 Å². The lowest BCUT2D eigenvalue weighted by Crippen LogP contribution is -2.38. The van der Waals surface area contributed by atoms with E-state index in [0.717, 1.165) is 11.1 Å². The number of amides is 2. The van der Waals surface area contributed by atoms with Gasteiger partial charge in [0.05, 0.1) is 18.7 Å². The first-order chi connectivity index (χ1) is 17.8. The van der Waals surface area contributed by atoms with Crippen molar-refractivity contribution >= 4 is 23.5 Å². The average Bonchev–Trinajstić information content (AvgIpc) is 2.88. The lowest BCUT2D eigenvalue weighted by molar-refractivity contribution is -0.140. The lowest BCUT2D eigenvalue weighted by atomic mass is 9.83. The van der Waals surface area contributed by atoms with E-state index in [1.54, 1.807) is 49.1 Å². The number of nitrogens with one attached hydrogen (secondary N) is 1. The Morgan fingerprint density at radius 2 is 1.73 bits per heavy atom. The quantitative estimate of drug-likeness (QED) is 0.420. The average molecular weight is 501 g/mol. The van der Waals surface area contributed by atoms with Gasteiger partial charge in [-0.05, 0) is 68.3 Å². The van der Waals surface area contributed by atoms with Crippen LogP contribution < -0.4 is 5.32 Å². The summed E-state index contributed by atoms with van der Waals surface area (Å²) in [5, 5.41) is 2.88. The maximum Gasteiger partial charge on any atom is 0.336 e. The van der Waals surface area contributed by atoms with Gasteiger partial charge >= 0.3 is 5.97 Å². The number of esters is 1. The Hall–Kier alpha value is -4.26.